The summed E-state index contributed by atoms with van der Waals surface area (Å²) in [7, 11) is 1.29. The van der Waals surface area contributed by atoms with Gasteiger partial charge in [0.1, 0.15) is 6.04 Å². The highest BCUT2D eigenvalue weighted by Crippen LogP contribution is 2.31. The van der Waals surface area contributed by atoms with Crippen LogP contribution in [0.1, 0.15) is 60.0 Å². The summed E-state index contributed by atoms with van der Waals surface area (Å²) in [6, 6.07) is 13.2. The second-order valence-electron chi connectivity index (χ2n) is 9.11. The van der Waals surface area contributed by atoms with Crippen LogP contribution < -0.4 is 4.90 Å². The molecule has 4 rings (SSSR count). The van der Waals surface area contributed by atoms with Crippen molar-refractivity contribution in [2.45, 2.75) is 58.0 Å². The smallest absolute Gasteiger partial charge is 0.337 e. The Labute approximate surface area is 199 Å². The maximum atomic E-state index is 13.6. The molecule has 2 fully saturated rings. The number of benzene rings is 2. The van der Waals surface area contributed by atoms with Crippen molar-refractivity contribution in [3.05, 3.63) is 65.2 Å². The molecule has 0 bridgehead atoms. The van der Waals surface area contributed by atoms with Gasteiger partial charge in [0.05, 0.1) is 24.8 Å². The van der Waals surface area contributed by atoms with E-state index in [9.17, 15) is 19.2 Å². The zero-order chi connectivity index (χ0) is 24.2. The predicted molar refractivity (Wildman–Crippen MR) is 127 cm³/mol. The molecule has 0 spiro atoms. The maximum absolute atomic E-state index is 13.6. The zero-order valence-corrected chi connectivity index (χ0v) is 19.7. The SMILES string of the molecule is COC(=O)c1ccc(N2C(=O)CC(N(Cc3ccc(C)cc3)C(=O)C3CCCCC3)C2=O)cc1. The van der Waals surface area contributed by atoms with E-state index in [-0.39, 0.29) is 30.7 Å². The molecule has 7 heteroatoms. The van der Waals surface area contributed by atoms with E-state index in [2.05, 4.69) is 0 Å². The summed E-state index contributed by atoms with van der Waals surface area (Å²) in [6.45, 7) is 2.28. The fourth-order valence-corrected chi connectivity index (χ4v) is 4.81. The predicted octanol–water partition coefficient (Wildman–Crippen LogP) is 4.02. The highest BCUT2D eigenvalue weighted by atomic mass is 16.5. The van der Waals surface area contributed by atoms with Gasteiger partial charge in [-0.15, -0.1) is 0 Å². The van der Waals surface area contributed by atoms with Crippen LogP contribution in [0.15, 0.2) is 48.5 Å². The number of hydrogen-bond donors (Lipinski definition) is 0. The van der Waals surface area contributed by atoms with Gasteiger partial charge < -0.3 is 9.64 Å². The molecule has 0 aromatic heterocycles. The molecule has 1 aliphatic heterocycles. The van der Waals surface area contributed by atoms with Crippen molar-refractivity contribution in [2.24, 2.45) is 5.92 Å². The topological polar surface area (TPSA) is 84.0 Å². The Morgan fingerprint density at radius 3 is 2.24 bits per heavy atom. The number of methoxy groups -OCH3 is 1. The molecule has 0 N–H and O–H groups in total. The Bertz CT molecular complexity index is 1070. The third kappa shape index (κ3) is 4.88. The largest absolute Gasteiger partial charge is 0.465 e. The van der Waals surface area contributed by atoms with Crippen LogP contribution in [-0.2, 0) is 25.7 Å². The van der Waals surface area contributed by atoms with Gasteiger partial charge in [-0.25, -0.2) is 9.69 Å². The number of imide groups is 1. The lowest BCUT2D eigenvalue weighted by Gasteiger charge is -2.32. The van der Waals surface area contributed by atoms with Crippen LogP contribution >= 0.6 is 0 Å². The minimum absolute atomic E-state index is 0.0469. The summed E-state index contributed by atoms with van der Waals surface area (Å²) in [5.41, 5.74) is 2.75. The Balaban J connectivity index is 1.60. The number of hydrogen-bond acceptors (Lipinski definition) is 5. The number of nitrogens with zero attached hydrogens (tertiary/aromatic N) is 2. The standard InChI is InChI=1S/C27H30N2O5/c1-18-8-10-19(11-9-18)17-28(25(31)20-6-4-3-5-7-20)23-16-24(30)29(26(23)32)22-14-12-21(13-15-22)27(33)34-2/h8-15,20,23H,3-7,16-17H2,1-2H3. The summed E-state index contributed by atoms with van der Waals surface area (Å²) in [5, 5.41) is 0. The van der Waals surface area contributed by atoms with Crippen molar-refractivity contribution in [3.8, 4) is 0 Å². The molecule has 7 nitrogen and oxygen atoms in total. The second-order valence-corrected chi connectivity index (χ2v) is 9.11. The highest BCUT2D eigenvalue weighted by Gasteiger charge is 2.45. The Morgan fingerprint density at radius 1 is 0.971 bits per heavy atom. The van der Waals surface area contributed by atoms with Gasteiger partial charge in [0.15, 0.2) is 0 Å². The van der Waals surface area contributed by atoms with Gasteiger partial charge in [0.25, 0.3) is 5.91 Å². The number of amides is 3. The fourth-order valence-electron chi connectivity index (χ4n) is 4.81. The second kappa shape index (κ2) is 10.2. The van der Waals surface area contributed by atoms with Gasteiger partial charge in [0, 0.05) is 12.5 Å². The molecule has 1 saturated heterocycles. The third-order valence-corrected chi connectivity index (χ3v) is 6.76. The first-order valence-corrected chi connectivity index (χ1v) is 11.8. The Morgan fingerprint density at radius 2 is 1.62 bits per heavy atom. The summed E-state index contributed by atoms with van der Waals surface area (Å²) in [5.74, 6) is -1.42. The van der Waals surface area contributed by atoms with Crippen LogP contribution in [0.4, 0.5) is 5.69 Å². The molecular weight excluding hydrogens is 432 g/mol. The van der Waals surface area contributed by atoms with Gasteiger partial charge in [-0.1, -0.05) is 49.1 Å². The van der Waals surface area contributed by atoms with Crippen LogP contribution in [0.2, 0.25) is 0 Å². The van der Waals surface area contributed by atoms with Gasteiger partial charge >= 0.3 is 5.97 Å². The molecule has 1 aliphatic carbocycles. The molecule has 2 aliphatic rings. The van der Waals surface area contributed by atoms with Crippen LogP contribution in [-0.4, -0.2) is 41.7 Å². The number of aryl methyl sites for hydroxylation is 1. The van der Waals surface area contributed by atoms with E-state index in [4.69, 9.17) is 4.74 Å². The number of carbonyl (C=O) groups is 4. The number of rotatable bonds is 6. The van der Waals surface area contributed by atoms with Gasteiger partial charge in [-0.3, -0.25) is 14.4 Å². The average molecular weight is 463 g/mol. The monoisotopic (exact) mass is 462 g/mol. The third-order valence-electron chi connectivity index (χ3n) is 6.76. The van der Waals surface area contributed by atoms with Crippen LogP contribution in [0.3, 0.4) is 0 Å². The molecule has 2 aromatic carbocycles. The summed E-state index contributed by atoms with van der Waals surface area (Å²) < 4.78 is 4.71. The summed E-state index contributed by atoms with van der Waals surface area (Å²) in [4.78, 5) is 54.5. The molecule has 1 saturated carbocycles. The molecule has 1 heterocycles. The van der Waals surface area contributed by atoms with E-state index in [1.54, 1.807) is 17.0 Å². The van der Waals surface area contributed by atoms with E-state index < -0.39 is 17.9 Å². The molecule has 1 atom stereocenters. The first-order valence-electron chi connectivity index (χ1n) is 11.8. The van der Waals surface area contributed by atoms with Crippen LogP contribution in [0.5, 0.6) is 0 Å². The van der Waals surface area contributed by atoms with Crippen molar-refractivity contribution in [1.29, 1.82) is 0 Å². The minimum atomic E-state index is -0.844. The van der Waals surface area contributed by atoms with Crippen molar-refractivity contribution < 1.29 is 23.9 Å². The van der Waals surface area contributed by atoms with Crippen molar-refractivity contribution in [3.63, 3.8) is 0 Å². The summed E-state index contributed by atoms with van der Waals surface area (Å²) >= 11 is 0. The van der Waals surface area contributed by atoms with Crippen LogP contribution in [0.25, 0.3) is 0 Å². The normalized spacial score (nSPS) is 18.8. The van der Waals surface area contributed by atoms with E-state index in [1.807, 2.05) is 31.2 Å². The molecular formula is C27H30N2O5. The summed E-state index contributed by atoms with van der Waals surface area (Å²) in [6.07, 6.45) is 4.71. The van der Waals surface area contributed by atoms with Crippen molar-refractivity contribution in [1.82, 2.24) is 4.90 Å². The highest BCUT2D eigenvalue weighted by molar-refractivity contribution is 6.23. The van der Waals surface area contributed by atoms with Gasteiger partial charge in [-0.2, -0.15) is 0 Å². The maximum Gasteiger partial charge on any atom is 0.337 e. The quantitative estimate of drug-likeness (QED) is 0.478. The molecule has 178 valence electrons. The lowest BCUT2D eigenvalue weighted by Crippen LogP contribution is -2.47. The number of ether oxygens (including phenoxy) is 1. The van der Waals surface area contributed by atoms with Crippen molar-refractivity contribution in [2.75, 3.05) is 12.0 Å². The van der Waals surface area contributed by atoms with E-state index in [0.29, 0.717) is 11.3 Å². The van der Waals surface area contributed by atoms with Gasteiger partial charge in [0.2, 0.25) is 11.8 Å². The van der Waals surface area contributed by atoms with Gasteiger partial charge in [-0.05, 0) is 49.6 Å². The first-order chi connectivity index (χ1) is 16.4. The van der Waals surface area contributed by atoms with E-state index >= 15 is 0 Å². The van der Waals surface area contributed by atoms with E-state index in [1.165, 1.54) is 19.2 Å². The zero-order valence-electron chi connectivity index (χ0n) is 19.7. The Hall–Kier alpha value is -3.48. The molecule has 0 radical (unpaired) electrons. The van der Waals surface area contributed by atoms with E-state index in [0.717, 1.165) is 48.1 Å². The minimum Gasteiger partial charge on any atom is -0.465 e. The molecule has 3 amide bonds. The molecule has 1 unspecified atom stereocenters. The lowest BCUT2D eigenvalue weighted by atomic mass is 9.87. The number of carbonyl (C=O) groups excluding carboxylic acids is 4. The molecule has 34 heavy (non-hydrogen) atoms. The molecule has 2 aromatic rings. The van der Waals surface area contributed by atoms with Crippen molar-refractivity contribution >= 4 is 29.4 Å². The van der Waals surface area contributed by atoms with Crippen LogP contribution in [0, 0.1) is 12.8 Å². The lowest BCUT2D eigenvalue weighted by molar-refractivity contribution is -0.143. The Kier molecular flexibility index (Phi) is 7.10. The average Bonchev–Trinajstić information content (AvgIpc) is 3.16. The fraction of sp³-hybridized carbons (Fsp3) is 0.407. The number of anilines is 1. The number of esters is 1. The first kappa shape index (κ1) is 23.7.